The van der Waals surface area contributed by atoms with Gasteiger partial charge in [0.1, 0.15) is 13.2 Å². The van der Waals surface area contributed by atoms with E-state index in [1.165, 1.54) is 6.92 Å². The fourth-order valence-electron chi connectivity index (χ4n) is 1.35. The smallest absolute Gasteiger partial charge is 0.172 e. The molecule has 0 aliphatic carbocycles. The Morgan fingerprint density at radius 3 is 2.85 bits per heavy atom. The van der Waals surface area contributed by atoms with Gasteiger partial charge in [0.2, 0.25) is 0 Å². The van der Waals surface area contributed by atoms with Crippen LogP contribution in [0.4, 0.5) is 0 Å². The van der Waals surface area contributed by atoms with Gasteiger partial charge in [0.15, 0.2) is 17.3 Å². The Hall–Kier alpha value is -1.51. The molecule has 0 bridgehead atoms. The summed E-state index contributed by atoms with van der Waals surface area (Å²) in [5.74, 6) is 1.25. The lowest BCUT2D eigenvalue weighted by molar-refractivity contribution is 0.100. The second-order valence-electron chi connectivity index (χ2n) is 2.89. The molecule has 0 atom stereocenters. The molecule has 1 aliphatic rings. The third kappa shape index (κ3) is 1.37. The van der Waals surface area contributed by atoms with E-state index in [0.717, 1.165) is 0 Å². The number of ketones is 1. The number of Topliss-reactive ketones (excluding diaryl/α,β-unsaturated/α-hetero) is 1. The van der Waals surface area contributed by atoms with Gasteiger partial charge in [0.05, 0.1) is 5.56 Å². The van der Waals surface area contributed by atoms with Crippen LogP contribution in [0.5, 0.6) is 11.5 Å². The van der Waals surface area contributed by atoms with Crippen LogP contribution in [0.15, 0.2) is 18.2 Å². The average Bonchev–Trinajstić information content (AvgIpc) is 2.17. The normalized spacial score (nSPS) is 13.9. The van der Waals surface area contributed by atoms with E-state index < -0.39 is 0 Å². The van der Waals surface area contributed by atoms with Crippen molar-refractivity contribution in [2.45, 2.75) is 6.92 Å². The van der Waals surface area contributed by atoms with Crippen LogP contribution in [-0.4, -0.2) is 19.0 Å². The minimum Gasteiger partial charge on any atom is -0.486 e. The highest BCUT2D eigenvalue weighted by molar-refractivity contribution is 5.97. The van der Waals surface area contributed by atoms with E-state index in [9.17, 15) is 4.79 Å². The van der Waals surface area contributed by atoms with Crippen molar-refractivity contribution in [2.24, 2.45) is 0 Å². The zero-order chi connectivity index (χ0) is 9.26. The molecule has 3 nitrogen and oxygen atoms in total. The summed E-state index contributed by atoms with van der Waals surface area (Å²) in [7, 11) is 0. The van der Waals surface area contributed by atoms with Gasteiger partial charge in [-0.2, -0.15) is 0 Å². The van der Waals surface area contributed by atoms with Crippen LogP contribution in [0.1, 0.15) is 17.3 Å². The van der Waals surface area contributed by atoms with E-state index in [1.54, 1.807) is 18.2 Å². The number of fused-ring (bicyclic) bond motifs is 1. The van der Waals surface area contributed by atoms with Crippen molar-refractivity contribution >= 4 is 5.78 Å². The quantitative estimate of drug-likeness (QED) is 0.613. The fourth-order valence-corrected chi connectivity index (χ4v) is 1.35. The molecule has 0 fully saturated rings. The SMILES string of the molecule is CC(=O)c1cccc2c1OCCO2. The number of ether oxygens (including phenoxy) is 2. The van der Waals surface area contributed by atoms with Crippen LogP contribution in [0.25, 0.3) is 0 Å². The second kappa shape index (κ2) is 3.09. The molecular weight excluding hydrogens is 168 g/mol. The molecule has 2 rings (SSSR count). The molecule has 3 heteroatoms. The monoisotopic (exact) mass is 178 g/mol. The van der Waals surface area contributed by atoms with Crippen LogP contribution in [0.3, 0.4) is 0 Å². The van der Waals surface area contributed by atoms with Crippen molar-refractivity contribution in [3.05, 3.63) is 23.8 Å². The van der Waals surface area contributed by atoms with Crippen LogP contribution < -0.4 is 9.47 Å². The first-order valence-electron chi connectivity index (χ1n) is 4.18. The van der Waals surface area contributed by atoms with Gasteiger partial charge in [-0.3, -0.25) is 4.79 Å². The molecule has 0 N–H and O–H groups in total. The topological polar surface area (TPSA) is 35.5 Å². The van der Waals surface area contributed by atoms with Gasteiger partial charge in [-0.25, -0.2) is 0 Å². The van der Waals surface area contributed by atoms with Gasteiger partial charge >= 0.3 is 0 Å². The number of carbonyl (C=O) groups is 1. The number of benzene rings is 1. The van der Waals surface area contributed by atoms with Crippen molar-refractivity contribution in [3.63, 3.8) is 0 Å². The summed E-state index contributed by atoms with van der Waals surface area (Å²) < 4.78 is 10.7. The lowest BCUT2D eigenvalue weighted by atomic mass is 10.1. The van der Waals surface area contributed by atoms with Crippen LogP contribution >= 0.6 is 0 Å². The van der Waals surface area contributed by atoms with Gasteiger partial charge in [-0.1, -0.05) is 6.07 Å². The fraction of sp³-hybridized carbons (Fsp3) is 0.300. The van der Waals surface area contributed by atoms with E-state index in [-0.39, 0.29) is 5.78 Å². The first-order chi connectivity index (χ1) is 6.29. The number of para-hydroxylation sites is 1. The number of carbonyl (C=O) groups excluding carboxylic acids is 1. The predicted molar refractivity (Wildman–Crippen MR) is 47.4 cm³/mol. The molecule has 1 aromatic rings. The van der Waals surface area contributed by atoms with Crippen LogP contribution in [0.2, 0.25) is 0 Å². The number of hydrogen-bond donors (Lipinski definition) is 0. The maximum absolute atomic E-state index is 11.2. The Morgan fingerprint density at radius 1 is 1.31 bits per heavy atom. The first kappa shape index (κ1) is 8.10. The summed E-state index contributed by atoms with van der Waals surface area (Å²) in [4.78, 5) is 11.2. The Bertz CT molecular complexity index is 344. The molecule has 0 radical (unpaired) electrons. The van der Waals surface area contributed by atoms with Crippen molar-refractivity contribution in [1.82, 2.24) is 0 Å². The lowest BCUT2D eigenvalue weighted by Crippen LogP contribution is -2.17. The summed E-state index contributed by atoms with van der Waals surface area (Å²) in [6.07, 6.45) is 0. The molecule has 0 amide bonds. The maximum Gasteiger partial charge on any atom is 0.172 e. The summed E-state index contributed by atoms with van der Waals surface area (Å²) in [5.41, 5.74) is 0.595. The van der Waals surface area contributed by atoms with Crippen molar-refractivity contribution in [3.8, 4) is 11.5 Å². The van der Waals surface area contributed by atoms with Gasteiger partial charge in [0.25, 0.3) is 0 Å². The molecule has 1 aliphatic heterocycles. The highest BCUT2D eigenvalue weighted by Gasteiger charge is 2.17. The largest absolute Gasteiger partial charge is 0.486 e. The Kier molecular flexibility index (Phi) is 1.93. The Morgan fingerprint density at radius 2 is 2.08 bits per heavy atom. The molecule has 0 saturated carbocycles. The standard InChI is InChI=1S/C10H10O3/c1-7(11)8-3-2-4-9-10(8)13-6-5-12-9/h2-4H,5-6H2,1H3. The highest BCUT2D eigenvalue weighted by atomic mass is 16.6. The Balaban J connectivity index is 2.52. The minimum absolute atomic E-state index is 0.00218. The van der Waals surface area contributed by atoms with E-state index >= 15 is 0 Å². The summed E-state index contributed by atoms with van der Waals surface area (Å²) >= 11 is 0. The molecule has 0 unspecified atom stereocenters. The lowest BCUT2D eigenvalue weighted by Gasteiger charge is -2.19. The Labute approximate surface area is 76.3 Å². The van der Waals surface area contributed by atoms with E-state index in [0.29, 0.717) is 30.3 Å². The zero-order valence-electron chi connectivity index (χ0n) is 7.37. The van der Waals surface area contributed by atoms with Crippen LogP contribution in [-0.2, 0) is 0 Å². The molecule has 0 spiro atoms. The average molecular weight is 178 g/mol. The molecule has 1 heterocycles. The van der Waals surface area contributed by atoms with E-state index in [2.05, 4.69) is 0 Å². The third-order valence-corrected chi connectivity index (χ3v) is 1.95. The molecule has 0 aromatic heterocycles. The van der Waals surface area contributed by atoms with Gasteiger partial charge in [-0.05, 0) is 19.1 Å². The minimum atomic E-state index is 0.00218. The zero-order valence-corrected chi connectivity index (χ0v) is 7.37. The van der Waals surface area contributed by atoms with Crippen LogP contribution in [0, 0.1) is 0 Å². The molecule has 68 valence electrons. The van der Waals surface area contributed by atoms with E-state index in [1.807, 2.05) is 0 Å². The predicted octanol–water partition coefficient (Wildman–Crippen LogP) is 1.66. The van der Waals surface area contributed by atoms with Gasteiger partial charge in [0, 0.05) is 0 Å². The van der Waals surface area contributed by atoms with Crippen molar-refractivity contribution in [2.75, 3.05) is 13.2 Å². The first-order valence-corrected chi connectivity index (χ1v) is 4.18. The number of hydrogen-bond acceptors (Lipinski definition) is 3. The second-order valence-corrected chi connectivity index (χ2v) is 2.89. The van der Waals surface area contributed by atoms with Crippen molar-refractivity contribution in [1.29, 1.82) is 0 Å². The summed E-state index contributed by atoms with van der Waals surface area (Å²) in [6, 6.07) is 5.35. The molecule has 0 saturated heterocycles. The van der Waals surface area contributed by atoms with Crippen molar-refractivity contribution < 1.29 is 14.3 Å². The third-order valence-electron chi connectivity index (χ3n) is 1.95. The summed E-state index contributed by atoms with van der Waals surface area (Å²) in [6.45, 7) is 2.58. The van der Waals surface area contributed by atoms with Gasteiger partial charge < -0.3 is 9.47 Å². The molecule has 13 heavy (non-hydrogen) atoms. The molecular formula is C10H10O3. The van der Waals surface area contributed by atoms with E-state index in [4.69, 9.17) is 9.47 Å². The highest BCUT2D eigenvalue weighted by Crippen LogP contribution is 2.33. The maximum atomic E-state index is 11.2. The summed E-state index contributed by atoms with van der Waals surface area (Å²) in [5, 5.41) is 0. The van der Waals surface area contributed by atoms with Gasteiger partial charge in [-0.15, -0.1) is 0 Å². The molecule has 1 aromatic carbocycles. The number of rotatable bonds is 1.